The van der Waals surface area contributed by atoms with E-state index in [4.69, 9.17) is 4.52 Å². The van der Waals surface area contributed by atoms with Crippen molar-refractivity contribution in [1.29, 1.82) is 0 Å². The minimum absolute atomic E-state index is 0.0286. The number of amides is 3. The first-order chi connectivity index (χ1) is 11.0. The van der Waals surface area contributed by atoms with Crippen LogP contribution in [0.4, 0.5) is 4.79 Å². The Morgan fingerprint density at radius 1 is 1.30 bits per heavy atom. The smallest absolute Gasteiger partial charge is 0.325 e. The zero-order chi connectivity index (χ0) is 16.6. The van der Waals surface area contributed by atoms with Crippen LogP contribution in [0.2, 0.25) is 0 Å². The first-order valence-electron chi connectivity index (χ1n) is 7.47. The summed E-state index contributed by atoms with van der Waals surface area (Å²) in [6, 6.07) is 7.04. The van der Waals surface area contributed by atoms with Crippen molar-refractivity contribution in [1.82, 2.24) is 20.4 Å². The minimum Gasteiger partial charge on any atom is -0.337 e. The molecule has 1 aliphatic heterocycles. The molecule has 0 radical (unpaired) electrons. The van der Waals surface area contributed by atoms with Crippen molar-refractivity contribution in [3.05, 3.63) is 47.1 Å². The summed E-state index contributed by atoms with van der Waals surface area (Å²) in [5, 5.41) is 6.56. The van der Waals surface area contributed by atoms with Gasteiger partial charge in [0.1, 0.15) is 12.1 Å². The lowest BCUT2D eigenvalue weighted by Crippen LogP contribution is -2.41. The first kappa shape index (κ1) is 15.2. The number of carbonyl (C=O) groups excluding carboxylic acids is 2. The summed E-state index contributed by atoms with van der Waals surface area (Å²) in [6.07, 6.45) is 0.630. The zero-order valence-electron chi connectivity index (χ0n) is 13.3. The number of benzene rings is 1. The van der Waals surface area contributed by atoms with Crippen molar-refractivity contribution < 1.29 is 14.1 Å². The Balaban J connectivity index is 1.89. The quantitative estimate of drug-likeness (QED) is 0.871. The fourth-order valence-electron chi connectivity index (χ4n) is 2.79. The summed E-state index contributed by atoms with van der Waals surface area (Å²) < 4.78 is 5.08. The molecule has 0 bridgehead atoms. The van der Waals surface area contributed by atoms with Gasteiger partial charge in [-0.2, -0.15) is 4.98 Å². The summed E-state index contributed by atoms with van der Waals surface area (Å²) in [5.41, 5.74) is 0.632. The van der Waals surface area contributed by atoms with Gasteiger partial charge >= 0.3 is 6.03 Å². The number of hydrogen-bond acceptors (Lipinski definition) is 5. The van der Waals surface area contributed by atoms with Gasteiger partial charge in [0.2, 0.25) is 5.89 Å². The predicted molar refractivity (Wildman–Crippen MR) is 81.3 cm³/mol. The molecule has 2 heterocycles. The van der Waals surface area contributed by atoms with Crippen molar-refractivity contribution in [2.75, 3.05) is 0 Å². The normalized spacial score (nSPS) is 20.9. The van der Waals surface area contributed by atoms with E-state index in [9.17, 15) is 9.59 Å². The van der Waals surface area contributed by atoms with Gasteiger partial charge in [0, 0.05) is 6.42 Å². The standard InChI is InChI=1S/C16H18N4O3/c1-4-12-17-13(23-19-12)9-20-14(21)16(3,18-15(20)22)11-8-6-5-7-10(11)2/h5-8H,4,9H2,1-3H3,(H,18,22)/t16-/m0/s1. The number of aryl methyl sites for hydroxylation is 2. The Morgan fingerprint density at radius 3 is 2.70 bits per heavy atom. The molecule has 0 saturated carbocycles. The highest BCUT2D eigenvalue weighted by Gasteiger charge is 2.49. The molecule has 3 amide bonds. The number of hydrogen-bond donors (Lipinski definition) is 1. The van der Waals surface area contributed by atoms with E-state index < -0.39 is 11.6 Å². The molecule has 7 nitrogen and oxygen atoms in total. The SMILES string of the molecule is CCc1noc(CN2C(=O)N[C@@](C)(c3ccccc3C)C2=O)n1. The molecular weight excluding hydrogens is 296 g/mol. The number of nitrogens with one attached hydrogen (secondary N) is 1. The fourth-order valence-corrected chi connectivity index (χ4v) is 2.79. The third kappa shape index (κ3) is 2.48. The largest absolute Gasteiger partial charge is 0.337 e. The van der Waals surface area contributed by atoms with E-state index in [0.717, 1.165) is 16.0 Å². The van der Waals surface area contributed by atoms with Crippen LogP contribution in [0.15, 0.2) is 28.8 Å². The summed E-state index contributed by atoms with van der Waals surface area (Å²) in [5.74, 6) is 0.473. The summed E-state index contributed by atoms with van der Waals surface area (Å²) >= 11 is 0. The van der Waals surface area contributed by atoms with E-state index >= 15 is 0 Å². The molecule has 1 N–H and O–H groups in total. The van der Waals surface area contributed by atoms with Crippen molar-refractivity contribution in [3.8, 4) is 0 Å². The Bertz CT molecular complexity index is 770. The average Bonchev–Trinajstić information content (AvgIpc) is 3.07. The number of imide groups is 1. The zero-order valence-corrected chi connectivity index (χ0v) is 13.3. The van der Waals surface area contributed by atoms with Crippen LogP contribution in [0.3, 0.4) is 0 Å². The van der Waals surface area contributed by atoms with Crippen molar-refractivity contribution in [2.24, 2.45) is 0 Å². The Hall–Kier alpha value is -2.70. The molecule has 120 valence electrons. The lowest BCUT2D eigenvalue weighted by molar-refractivity contribution is -0.131. The van der Waals surface area contributed by atoms with E-state index in [0.29, 0.717) is 12.2 Å². The summed E-state index contributed by atoms with van der Waals surface area (Å²) in [4.78, 5) is 30.4. The van der Waals surface area contributed by atoms with Gasteiger partial charge in [-0.15, -0.1) is 0 Å². The minimum atomic E-state index is -1.09. The van der Waals surface area contributed by atoms with Crippen LogP contribution < -0.4 is 5.32 Å². The maximum Gasteiger partial charge on any atom is 0.325 e. The van der Waals surface area contributed by atoms with Gasteiger partial charge in [0.25, 0.3) is 5.91 Å². The van der Waals surface area contributed by atoms with E-state index in [-0.39, 0.29) is 18.3 Å². The highest BCUT2D eigenvalue weighted by molar-refractivity contribution is 6.07. The molecule has 23 heavy (non-hydrogen) atoms. The van der Waals surface area contributed by atoms with Crippen molar-refractivity contribution in [3.63, 3.8) is 0 Å². The highest BCUT2D eigenvalue weighted by atomic mass is 16.5. The van der Waals surface area contributed by atoms with E-state index in [1.54, 1.807) is 6.92 Å². The van der Waals surface area contributed by atoms with Crippen LogP contribution in [-0.2, 0) is 23.3 Å². The molecule has 1 fully saturated rings. The maximum atomic E-state index is 12.8. The van der Waals surface area contributed by atoms with Crippen LogP contribution in [0.1, 0.15) is 36.7 Å². The number of rotatable bonds is 4. The van der Waals surface area contributed by atoms with Crippen LogP contribution >= 0.6 is 0 Å². The predicted octanol–water partition coefficient (Wildman–Crippen LogP) is 1.91. The van der Waals surface area contributed by atoms with Gasteiger partial charge in [-0.3, -0.25) is 9.69 Å². The monoisotopic (exact) mass is 314 g/mol. The molecule has 3 rings (SSSR count). The first-order valence-corrected chi connectivity index (χ1v) is 7.47. The molecular formula is C16H18N4O3. The van der Waals surface area contributed by atoms with Gasteiger partial charge < -0.3 is 9.84 Å². The molecule has 7 heteroatoms. The molecule has 1 aliphatic rings. The highest BCUT2D eigenvalue weighted by Crippen LogP contribution is 2.31. The molecule has 1 aromatic carbocycles. The molecule has 1 saturated heterocycles. The Kier molecular flexibility index (Phi) is 3.63. The third-order valence-corrected chi connectivity index (χ3v) is 4.08. The van der Waals surface area contributed by atoms with Crippen molar-refractivity contribution in [2.45, 2.75) is 39.3 Å². The fraction of sp³-hybridized carbons (Fsp3) is 0.375. The van der Waals surface area contributed by atoms with Gasteiger partial charge in [0.15, 0.2) is 5.82 Å². The van der Waals surface area contributed by atoms with Crippen molar-refractivity contribution >= 4 is 11.9 Å². The molecule has 1 atom stereocenters. The summed E-state index contributed by atoms with van der Waals surface area (Å²) in [7, 11) is 0. The molecule has 0 aliphatic carbocycles. The van der Waals surface area contributed by atoms with Crippen LogP contribution in [-0.4, -0.2) is 27.0 Å². The van der Waals surface area contributed by atoms with E-state index in [1.165, 1.54) is 0 Å². The number of urea groups is 1. The van der Waals surface area contributed by atoms with E-state index in [2.05, 4.69) is 15.5 Å². The Morgan fingerprint density at radius 2 is 2.04 bits per heavy atom. The molecule has 0 spiro atoms. The number of nitrogens with zero attached hydrogens (tertiary/aromatic N) is 3. The lowest BCUT2D eigenvalue weighted by Gasteiger charge is -2.23. The third-order valence-electron chi connectivity index (χ3n) is 4.08. The molecule has 1 aromatic heterocycles. The van der Waals surface area contributed by atoms with Crippen LogP contribution in [0.5, 0.6) is 0 Å². The lowest BCUT2D eigenvalue weighted by atomic mass is 9.88. The topological polar surface area (TPSA) is 88.3 Å². The second-order valence-electron chi connectivity index (χ2n) is 5.72. The summed E-state index contributed by atoms with van der Waals surface area (Å²) in [6.45, 7) is 5.49. The van der Waals surface area contributed by atoms with Crippen LogP contribution in [0.25, 0.3) is 0 Å². The van der Waals surface area contributed by atoms with E-state index in [1.807, 2.05) is 38.1 Å². The van der Waals surface area contributed by atoms with Gasteiger partial charge in [-0.25, -0.2) is 4.79 Å². The van der Waals surface area contributed by atoms with Gasteiger partial charge in [0.05, 0.1) is 0 Å². The average molecular weight is 314 g/mol. The van der Waals surface area contributed by atoms with Gasteiger partial charge in [-0.1, -0.05) is 36.3 Å². The van der Waals surface area contributed by atoms with Gasteiger partial charge in [-0.05, 0) is 25.0 Å². The molecule has 2 aromatic rings. The number of carbonyl (C=O) groups is 2. The Labute approximate surface area is 133 Å². The second kappa shape index (κ2) is 5.49. The van der Waals surface area contributed by atoms with Crippen LogP contribution in [0, 0.1) is 6.92 Å². The maximum absolute atomic E-state index is 12.8. The second-order valence-corrected chi connectivity index (χ2v) is 5.72. The number of aromatic nitrogens is 2. The molecule has 0 unspecified atom stereocenters.